The van der Waals surface area contributed by atoms with Crippen molar-refractivity contribution in [2.45, 2.75) is 19.8 Å². The van der Waals surface area contributed by atoms with Crippen LogP contribution in [-0.2, 0) is 21.4 Å². The van der Waals surface area contributed by atoms with E-state index in [9.17, 15) is 13.2 Å². The van der Waals surface area contributed by atoms with Crippen molar-refractivity contribution in [3.05, 3.63) is 29.8 Å². The quantitative estimate of drug-likeness (QED) is 0.689. The van der Waals surface area contributed by atoms with E-state index in [1.54, 1.807) is 31.2 Å². The third-order valence-electron chi connectivity index (χ3n) is 2.17. The first-order valence-electron chi connectivity index (χ1n) is 5.51. The predicted octanol–water partition coefficient (Wildman–Crippen LogP) is 0.970. The lowest BCUT2D eigenvalue weighted by Gasteiger charge is -2.08. The van der Waals surface area contributed by atoms with Crippen molar-refractivity contribution >= 4 is 21.9 Å². The summed E-state index contributed by atoms with van der Waals surface area (Å²) in [5.74, 6) is -0.855. The maximum Gasteiger partial charge on any atom is 0.303 e. The third kappa shape index (κ3) is 5.15. The molecular weight excluding hydrogens is 256 g/mol. The second kappa shape index (κ2) is 6.36. The van der Waals surface area contributed by atoms with Crippen molar-refractivity contribution in [2.24, 2.45) is 0 Å². The molecule has 0 amide bonds. The van der Waals surface area contributed by atoms with Crippen LogP contribution < -0.4 is 9.44 Å². The fourth-order valence-electron chi connectivity index (χ4n) is 1.37. The lowest BCUT2D eigenvalue weighted by molar-refractivity contribution is -0.136. The summed E-state index contributed by atoms with van der Waals surface area (Å²) >= 11 is 0. The Hall–Kier alpha value is -1.60. The maximum atomic E-state index is 11.4. The van der Waals surface area contributed by atoms with Gasteiger partial charge in [-0.2, -0.15) is 13.1 Å². The zero-order valence-electron chi connectivity index (χ0n) is 10.0. The molecule has 100 valence electrons. The van der Waals surface area contributed by atoms with Crippen molar-refractivity contribution in [2.75, 3.05) is 11.3 Å². The fourth-order valence-corrected chi connectivity index (χ4v) is 2.27. The van der Waals surface area contributed by atoms with Crippen LogP contribution >= 0.6 is 0 Å². The van der Waals surface area contributed by atoms with E-state index in [1.807, 2.05) is 0 Å². The Balaban J connectivity index is 2.63. The largest absolute Gasteiger partial charge is 0.481 e. The van der Waals surface area contributed by atoms with E-state index < -0.39 is 16.2 Å². The zero-order valence-corrected chi connectivity index (χ0v) is 10.8. The van der Waals surface area contributed by atoms with E-state index in [2.05, 4.69) is 9.44 Å². The number of rotatable bonds is 7. The van der Waals surface area contributed by atoms with Gasteiger partial charge in [-0.25, -0.2) is 0 Å². The summed E-state index contributed by atoms with van der Waals surface area (Å²) in [6.07, 6.45) is 0.484. The van der Waals surface area contributed by atoms with Crippen molar-refractivity contribution in [3.8, 4) is 0 Å². The molecule has 0 aliphatic heterocycles. The zero-order chi connectivity index (χ0) is 13.6. The first-order valence-corrected chi connectivity index (χ1v) is 6.99. The molecule has 1 aromatic carbocycles. The Kier molecular flexibility index (Phi) is 5.11. The highest BCUT2D eigenvalue weighted by atomic mass is 32.2. The van der Waals surface area contributed by atoms with Gasteiger partial charge in [-0.1, -0.05) is 19.1 Å². The monoisotopic (exact) mass is 272 g/mol. The summed E-state index contributed by atoms with van der Waals surface area (Å²) in [6, 6.07) is 6.61. The first-order chi connectivity index (χ1) is 8.43. The van der Waals surface area contributed by atoms with Crippen molar-refractivity contribution in [1.29, 1.82) is 0 Å². The summed E-state index contributed by atoms with van der Waals surface area (Å²) in [5, 5.41) is 8.54. The van der Waals surface area contributed by atoms with E-state index >= 15 is 0 Å². The van der Waals surface area contributed by atoms with Gasteiger partial charge in [0.05, 0.1) is 0 Å². The number of anilines is 1. The van der Waals surface area contributed by atoms with E-state index in [0.29, 0.717) is 18.7 Å². The second-order valence-corrected chi connectivity index (χ2v) is 5.19. The van der Waals surface area contributed by atoms with Gasteiger partial charge in [0.25, 0.3) is 10.2 Å². The summed E-state index contributed by atoms with van der Waals surface area (Å²) in [4.78, 5) is 10.4. The molecule has 0 heterocycles. The molecule has 0 spiro atoms. The minimum atomic E-state index is -3.52. The van der Waals surface area contributed by atoms with Gasteiger partial charge < -0.3 is 5.11 Å². The van der Waals surface area contributed by atoms with Crippen LogP contribution in [0.25, 0.3) is 0 Å². The van der Waals surface area contributed by atoms with Crippen molar-refractivity contribution < 1.29 is 18.3 Å². The van der Waals surface area contributed by atoms with Gasteiger partial charge in [0.1, 0.15) is 0 Å². The molecule has 0 aromatic heterocycles. The third-order valence-corrected chi connectivity index (χ3v) is 3.34. The van der Waals surface area contributed by atoms with Gasteiger partial charge in [-0.3, -0.25) is 9.52 Å². The topological polar surface area (TPSA) is 95.5 Å². The van der Waals surface area contributed by atoms with Gasteiger partial charge in [0.15, 0.2) is 0 Å². The molecule has 0 atom stereocenters. The Morgan fingerprint density at radius 3 is 2.39 bits per heavy atom. The molecule has 6 nitrogen and oxygen atoms in total. The summed E-state index contributed by atoms with van der Waals surface area (Å²) < 4.78 is 27.5. The van der Waals surface area contributed by atoms with Crippen molar-refractivity contribution in [3.63, 3.8) is 0 Å². The standard InChI is InChI=1S/C11H16N2O4S/c1-2-12-18(16,17)13-10-6-3-9(4-7-10)5-8-11(14)15/h3-4,6-7,12-13H,2,5,8H2,1H3,(H,14,15). The number of carboxylic acids is 1. The Labute approximate surface area is 106 Å². The molecule has 0 radical (unpaired) electrons. The summed E-state index contributed by atoms with van der Waals surface area (Å²) in [5.41, 5.74) is 1.29. The molecule has 0 saturated heterocycles. The fraction of sp³-hybridized carbons (Fsp3) is 0.364. The highest BCUT2D eigenvalue weighted by Crippen LogP contribution is 2.12. The van der Waals surface area contributed by atoms with Crippen LogP contribution in [0, 0.1) is 0 Å². The van der Waals surface area contributed by atoms with E-state index in [-0.39, 0.29) is 6.42 Å². The minimum absolute atomic E-state index is 0.0580. The molecule has 0 fully saturated rings. The number of hydrogen-bond acceptors (Lipinski definition) is 3. The molecule has 0 aliphatic carbocycles. The highest BCUT2D eigenvalue weighted by molar-refractivity contribution is 7.90. The number of benzene rings is 1. The Morgan fingerprint density at radius 2 is 1.89 bits per heavy atom. The Bertz CT molecular complexity index is 496. The number of nitrogens with one attached hydrogen (secondary N) is 2. The lowest BCUT2D eigenvalue weighted by atomic mass is 10.1. The van der Waals surface area contributed by atoms with Gasteiger partial charge >= 0.3 is 5.97 Å². The van der Waals surface area contributed by atoms with Crippen LogP contribution in [0.2, 0.25) is 0 Å². The van der Waals surface area contributed by atoms with E-state index in [4.69, 9.17) is 5.11 Å². The number of aryl methyl sites for hydroxylation is 1. The first kappa shape index (κ1) is 14.5. The van der Waals surface area contributed by atoms with Crippen LogP contribution in [0.15, 0.2) is 24.3 Å². The highest BCUT2D eigenvalue weighted by Gasteiger charge is 2.07. The van der Waals surface area contributed by atoms with Crippen LogP contribution in [0.4, 0.5) is 5.69 Å². The van der Waals surface area contributed by atoms with Crippen LogP contribution in [0.5, 0.6) is 0 Å². The molecule has 18 heavy (non-hydrogen) atoms. The van der Waals surface area contributed by atoms with E-state index in [1.165, 1.54) is 0 Å². The van der Waals surface area contributed by atoms with Crippen LogP contribution in [-0.4, -0.2) is 26.0 Å². The molecule has 0 aliphatic rings. The smallest absolute Gasteiger partial charge is 0.303 e. The lowest BCUT2D eigenvalue weighted by Crippen LogP contribution is -2.29. The molecule has 1 aromatic rings. The normalized spacial score (nSPS) is 11.2. The average molecular weight is 272 g/mol. The van der Waals surface area contributed by atoms with Gasteiger partial charge in [-0.05, 0) is 24.1 Å². The van der Waals surface area contributed by atoms with Crippen LogP contribution in [0.3, 0.4) is 0 Å². The predicted molar refractivity (Wildman–Crippen MR) is 68.6 cm³/mol. The van der Waals surface area contributed by atoms with Gasteiger partial charge in [-0.15, -0.1) is 0 Å². The molecule has 3 N–H and O–H groups in total. The molecule has 1 rings (SSSR count). The summed E-state index contributed by atoms with van der Waals surface area (Å²) in [7, 11) is -3.52. The second-order valence-electron chi connectivity index (χ2n) is 3.69. The number of carbonyl (C=O) groups is 1. The van der Waals surface area contributed by atoms with Gasteiger partial charge in [0, 0.05) is 18.7 Å². The molecule has 7 heteroatoms. The number of hydrogen-bond donors (Lipinski definition) is 3. The molecule has 0 saturated carbocycles. The molecule has 0 unspecified atom stereocenters. The average Bonchev–Trinajstić information content (AvgIpc) is 2.27. The van der Waals surface area contributed by atoms with Crippen LogP contribution in [0.1, 0.15) is 18.9 Å². The van der Waals surface area contributed by atoms with E-state index in [0.717, 1.165) is 5.56 Å². The molecular formula is C11H16N2O4S. The van der Waals surface area contributed by atoms with Crippen molar-refractivity contribution in [1.82, 2.24) is 4.72 Å². The maximum absolute atomic E-state index is 11.4. The minimum Gasteiger partial charge on any atom is -0.481 e. The summed E-state index contributed by atoms with van der Waals surface area (Å²) in [6.45, 7) is 2.00. The SMILES string of the molecule is CCNS(=O)(=O)Nc1ccc(CCC(=O)O)cc1. The molecule has 0 bridgehead atoms. The Morgan fingerprint density at radius 1 is 1.28 bits per heavy atom. The number of carboxylic acid groups (broad SMARTS) is 1. The number of aliphatic carboxylic acids is 1. The van der Waals surface area contributed by atoms with Gasteiger partial charge in [0.2, 0.25) is 0 Å².